The molecule has 4 nitrogen and oxygen atoms in total. The molecule has 0 aliphatic carbocycles. The predicted molar refractivity (Wildman–Crippen MR) is 83.9 cm³/mol. The summed E-state index contributed by atoms with van der Waals surface area (Å²) >= 11 is 0. The van der Waals surface area contributed by atoms with Crippen molar-refractivity contribution in [3.8, 4) is 11.5 Å². The normalized spacial score (nSPS) is 17.8. The third-order valence-electron chi connectivity index (χ3n) is 4.03. The monoisotopic (exact) mass is 333 g/mol. The summed E-state index contributed by atoms with van der Waals surface area (Å²) in [6.07, 6.45) is 1.55. The summed E-state index contributed by atoms with van der Waals surface area (Å²) in [4.78, 5) is 13.1. The number of benzene rings is 2. The third-order valence-corrected chi connectivity index (χ3v) is 4.03. The molecular weight excluding hydrogens is 316 g/mol. The SMILES string of the molecule is O=C(O)[C@@H]1CCCN1Cc1ccc(Oc2cc(F)cc(F)c2)cc1. The molecule has 126 valence electrons. The molecule has 0 saturated carbocycles. The van der Waals surface area contributed by atoms with Crippen molar-refractivity contribution in [3.05, 3.63) is 59.7 Å². The van der Waals surface area contributed by atoms with Crippen LogP contribution in [-0.4, -0.2) is 28.6 Å². The van der Waals surface area contributed by atoms with Crippen LogP contribution in [0.4, 0.5) is 8.78 Å². The summed E-state index contributed by atoms with van der Waals surface area (Å²) in [7, 11) is 0. The molecule has 1 atom stereocenters. The van der Waals surface area contributed by atoms with Crippen molar-refractivity contribution >= 4 is 5.97 Å². The van der Waals surface area contributed by atoms with E-state index in [1.54, 1.807) is 12.1 Å². The van der Waals surface area contributed by atoms with Crippen LogP contribution in [0.3, 0.4) is 0 Å². The molecule has 24 heavy (non-hydrogen) atoms. The van der Waals surface area contributed by atoms with Gasteiger partial charge in [0.15, 0.2) is 0 Å². The molecule has 0 amide bonds. The van der Waals surface area contributed by atoms with Crippen LogP contribution in [0.2, 0.25) is 0 Å². The average Bonchev–Trinajstić information content (AvgIpc) is 2.96. The minimum atomic E-state index is -0.791. The Morgan fingerprint density at radius 1 is 1.12 bits per heavy atom. The first-order valence-electron chi connectivity index (χ1n) is 7.71. The second kappa shape index (κ2) is 6.97. The van der Waals surface area contributed by atoms with Gasteiger partial charge in [-0.15, -0.1) is 0 Å². The first-order valence-corrected chi connectivity index (χ1v) is 7.71. The fourth-order valence-electron chi connectivity index (χ4n) is 2.92. The van der Waals surface area contributed by atoms with E-state index >= 15 is 0 Å². The molecule has 1 fully saturated rings. The minimum absolute atomic E-state index is 0.0886. The summed E-state index contributed by atoms with van der Waals surface area (Å²) in [5.41, 5.74) is 0.959. The molecule has 0 unspecified atom stereocenters. The molecule has 6 heteroatoms. The van der Waals surface area contributed by atoms with E-state index in [9.17, 15) is 18.7 Å². The van der Waals surface area contributed by atoms with Crippen LogP contribution in [0.15, 0.2) is 42.5 Å². The summed E-state index contributed by atoms with van der Waals surface area (Å²) in [5, 5.41) is 9.19. The fourth-order valence-corrected chi connectivity index (χ4v) is 2.92. The zero-order valence-electron chi connectivity index (χ0n) is 12.9. The second-order valence-corrected chi connectivity index (χ2v) is 5.82. The van der Waals surface area contributed by atoms with Gasteiger partial charge in [0.1, 0.15) is 29.2 Å². The minimum Gasteiger partial charge on any atom is -0.480 e. The highest BCUT2D eigenvalue weighted by molar-refractivity contribution is 5.73. The average molecular weight is 333 g/mol. The van der Waals surface area contributed by atoms with E-state index in [0.29, 0.717) is 18.7 Å². The van der Waals surface area contributed by atoms with Crippen molar-refractivity contribution in [2.75, 3.05) is 6.54 Å². The summed E-state index contributed by atoms with van der Waals surface area (Å²) in [6, 6.07) is 9.61. The van der Waals surface area contributed by atoms with Crippen LogP contribution in [0.25, 0.3) is 0 Å². The molecule has 1 saturated heterocycles. The van der Waals surface area contributed by atoms with Gasteiger partial charge < -0.3 is 9.84 Å². The van der Waals surface area contributed by atoms with E-state index in [4.69, 9.17) is 4.74 Å². The summed E-state index contributed by atoms with van der Waals surface area (Å²) in [6.45, 7) is 1.31. The van der Waals surface area contributed by atoms with E-state index < -0.39 is 23.6 Å². The van der Waals surface area contributed by atoms with Gasteiger partial charge in [0.25, 0.3) is 0 Å². The van der Waals surface area contributed by atoms with E-state index in [1.165, 1.54) is 0 Å². The van der Waals surface area contributed by atoms with Crippen LogP contribution in [0.1, 0.15) is 18.4 Å². The van der Waals surface area contributed by atoms with Crippen LogP contribution in [0.5, 0.6) is 11.5 Å². The van der Waals surface area contributed by atoms with Gasteiger partial charge in [0.2, 0.25) is 0 Å². The molecule has 1 heterocycles. The number of hydrogen-bond donors (Lipinski definition) is 1. The molecule has 3 rings (SSSR count). The molecule has 0 bridgehead atoms. The molecule has 1 aliphatic rings. The van der Waals surface area contributed by atoms with Crippen molar-refractivity contribution in [1.29, 1.82) is 0 Å². The van der Waals surface area contributed by atoms with E-state index in [-0.39, 0.29) is 5.75 Å². The van der Waals surface area contributed by atoms with Gasteiger partial charge in [-0.1, -0.05) is 12.1 Å². The number of halogens is 2. The number of carbonyl (C=O) groups is 1. The first kappa shape index (κ1) is 16.4. The lowest BCUT2D eigenvalue weighted by atomic mass is 10.2. The van der Waals surface area contributed by atoms with Crippen molar-refractivity contribution < 1.29 is 23.4 Å². The van der Waals surface area contributed by atoms with E-state index in [0.717, 1.165) is 36.7 Å². The van der Waals surface area contributed by atoms with Gasteiger partial charge in [0.05, 0.1) is 0 Å². The highest BCUT2D eigenvalue weighted by Gasteiger charge is 2.30. The number of rotatable bonds is 5. The molecule has 0 radical (unpaired) electrons. The van der Waals surface area contributed by atoms with E-state index in [2.05, 4.69) is 0 Å². The number of aliphatic carboxylic acids is 1. The van der Waals surface area contributed by atoms with Crippen LogP contribution >= 0.6 is 0 Å². The summed E-state index contributed by atoms with van der Waals surface area (Å²) in [5.74, 6) is -1.64. The third kappa shape index (κ3) is 3.89. The topological polar surface area (TPSA) is 49.8 Å². The fraction of sp³-hybridized carbons (Fsp3) is 0.278. The Bertz CT molecular complexity index is 713. The zero-order chi connectivity index (χ0) is 17.1. The first-order chi connectivity index (χ1) is 11.5. The second-order valence-electron chi connectivity index (χ2n) is 5.82. The number of likely N-dealkylation sites (tertiary alicyclic amines) is 1. The quantitative estimate of drug-likeness (QED) is 0.904. The summed E-state index contributed by atoms with van der Waals surface area (Å²) < 4.78 is 31.7. The van der Waals surface area contributed by atoms with Gasteiger partial charge in [-0.2, -0.15) is 0 Å². The number of ether oxygens (including phenoxy) is 1. The van der Waals surface area contributed by atoms with Crippen molar-refractivity contribution in [1.82, 2.24) is 4.90 Å². The Balaban J connectivity index is 1.66. The largest absolute Gasteiger partial charge is 0.480 e. The van der Waals surface area contributed by atoms with Crippen molar-refractivity contribution in [2.45, 2.75) is 25.4 Å². The molecule has 1 aliphatic heterocycles. The lowest BCUT2D eigenvalue weighted by Gasteiger charge is -2.21. The number of carboxylic acid groups (broad SMARTS) is 1. The Morgan fingerprint density at radius 2 is 1.79 bits per heavy atom. The Labute approximate surface area is 138 Å². The lowest BCUT2D eigenvalue weighted by Crippen LogP contribution is -2.35. The smallest absolute Gasteiger partial charge is 0.320 e. The van der Waals surface area contributed by atoms with E-state index in [1.807, 2.05) is 17.0 Å². The zero-order valence-corrected chi connectivity index (χ0v) is 12.9. The van der Waals surface area contributed by atoms with Crippen LogP contribution < -0.4 is 4.74 Å². The van der Waals surface area contributed by atoms with Gasteiger partial charge in [-0.05, 0) is 37.1 Å². The van der Waals surface area contributed by atoms with Crippen molar-refractivity contribution in [2.24, 2.45) is 0 Å². The van der Waals surface area contributed by atoms with Crippen molar-refractivity contribution in [3.63, 3.8) is 0 Å². The standard InChI is InChI=1S/C18H17F2NO3/c19-13-8-14(20)10-16(9-13)24-15-5-3-12(4-6-15)11-21-7-1-2-17(21)18(22)23/h3-6,8-10,17H,1-2,7,11H2,(H,22,23)/t17-/m0/s1. The molecule has 2 aromatic rings. The lowest BCUT2D eigenvalue weighted by molar-refractivity contribution is -0.142. The maximum atomic E-state index is 13.2. The van der Waals surface area contributed by atoms with Gasteiger partial charge in [-0.25, -0.2) is 8.78 Å². The van der Waals surface area contributed by atoms with Gasteiger partial charge >= 0.3 is 5.97 Å². The highest BCUT2D eigenvalue weighted by Crippen LogP contribution is 2.25. The van der Waals surface area contributed by atoms with Crippen LogP contribution in [0, 0.1) is 11.6 Å². The Hall–Kier alpha value is -2.47. The Kier molecular flexibility index (Phi) is 4.76. The maximum Gasteiger partial charge on any atom is 0.320 e. The number of hydrogen-bond acceptors (Lipinski definition) is 3. The van der Waals surface area contributed by atoms with Crippen LogP contribution in [-0.2, 0) is 11.3 Å². The molecule has 0 aromatic heterocycles. The maximum absolute atomic E-state index is 13.2. The molecule has 0 spiro atoms. The van der Waals surface area contributed by atoms with Gasteiger partial charge in [-0.3, -0.25) is 9.69 Å². The molecule has 1 N–H and O–H groups in total. The molecule has 2 aromatic carbocycles. The predicted octanol–water partition coefficient (Wildman–Crippen LogP) is 3.81. The molecular formula is C18H17F2NO3. The van der Waals surface area contributed by atoms with Gasteiger partial charge in [0, 0.05) is 24.7 Å². The Morgan fingerprint density at radius 3 is 2.42 bits per heavy atom. The number of carboxylic acids is 1. The number of nitrogens with zero attached hydrogens (tertiary/aromatic N) is 1. The highest BCUT2D eigenvalue weighted by atomic mass is 19.1.